The van der Waals surface area contributed by atoms with Gasteiger partial charge >= 0.3 is 11.9 Å². The number of esters is 1. The molecule has 0 unspecified atom stereocenters. The van der Waals surface area contributed by atoms with Crippen molar-refractivity contribution in [1.29, 1.82) is 0 Å². The second kappa shape index (κ2) is 7.35. The molecule has 6 nitrogen and oxygen atoms in total. The standard InChI is InChI=1S/C21H25NO5S/c1-3-27-21(26)17-13-7-4-10(2)8-14(13)28-19(17)22-18(23)15-11-5-6-12(9-11)16(15)20(24)25/h5-6,10-12,15-16H,3-4,7-9H2,1-2H3,(H,22,23)(H,24,25)/t10-,11-,12-,15+,16+/m1/s1. The van der Waals surface area contributed by atoms with Crippen molar-refractivity contribution in [3.63, 3.8) is 0 Å². The zero-order valence-electron chi connectivity index (χ0n) is 16.1. The van der Waals surface area contributed by atoms with Crippen LogP contribution in [0.4, 0.5) is 5.00 Å². The van der Waals surface area contributed by atoms with Crippen LogP contribution in [-0.2, 0) is 27.2 Å². The van der Waals surface area contributed by atoms with E-state index in [4.69, 9.17) is 4.74 Å². The summed E-state index contributed by atoms with van der Waals surface area (Å²) in [5.41, 5.74) is 1.45. The third kappa shape index (κ3) is 3.15. The molecule has 1 aromatic rings. The molecule has 150 valence electrons. The average Bonchev–Trinajstić information content (AvgIpc) is 3.33. The fourth-order valence-electron chi connectivity index (χ4n) is 4.97. The monoisotopic (exact) mass is 403 g/mol. The van der Waals surface area contributed by atoms with Crippen LogP contribution in [0, 0.1) is 29.6 Å². The van der Waals surface area contributed by atoms with Gasteiger partial charge in [0.15, 0.2) is 0 Å². The van der Waals surface area contributed by atoms with Gasteiger partial charge in [-0.1, -0.05) is 19.1 Å². The summed E-state index contributed by atoms with van der Waals surface area (Å²) in [5, 5.41) is 13.0. The first-order chi connectivity index (χ1) is 13.4. The largest absolute Gasteiger partial charge is 0.481 e. The van der Waals surface area contributed by atoms with Gasteiger partial charge < -0.3 is 15.2 Å². The molecule has 1 heterocycles. The number of carboxylic acids is 1. The first-order valence-electron chi connectivity index (χ1n) is 9.94. The van der Waals surface area contributed by atoms with Crippen molar-refractivity contribution in [3.05, 3.63) is 28.2 Å². The molecule has 3 aliphatic carbocycles. The molecule has 0 aromatic carbocycles. The van der Waals surface area contributed by atoms with Crippen LogP contribution in [0.2, 0.25) is 0 Å². The summed E-state index contributed by atoms with van der Waals surface area (Å²) in [6.45, 7) is 4.21. The molecular weight excluding hydrogens is 378 g/mol. The van der Waals surface area contributed by atoms with Gasteiger partial charge in [-0.2, -0.15) is 0 Å². The normalized spacial score (nSPS) is 30.1. The van der Waals surface area contributed by atoms with Gasteiger partial charge in [0.2, 0.25) is 5.91 Å². The highest BCUT2D eigenvalue weighted by Gasteiger charge is 2.51. The molecule has 4 rings (SSSR count). The van der Waals surface area contributed by atoms with E-state index in [-0.39, 0.29) is 24.3 Å². The maximum absolute atomic E-state index is 13.1. The van der Waals surface area contributed by atoms with Crippen LogP contribution < -0.4 is 5.32 Å². The van der Waals surface area contributed by atoms with Gasteiger partial charge in [0.25, 0.3) is 0 Å². The minimum atomic E-state index is -0.929. The fourth-order valence-corrected chi connectivity index (χ4v) is 6.37. The number of hydrogen-bond acceptors (Lipinski definition) is 5. The number of nitrogens with one attached hydrogen (secondary N) is 1. The van der Waals surface area contributed by atoms with Crippen molar-refractivity contribution in [1.82, 2.24) is 0 Å². The number of allylic oxidation sites excluding steroid dienone is 2. The summed E-state index contributed by atoms with van der Waals surface area (Å²) < 4.78 is 5.25. The van der Waals surface area contributed by atoms with Crippen molar-refractivity contribution in [2.24, 2.45) is 29.6 Å². The number of fused-ring (bicyclic) bond motifs is 3. The summed E-state index contributed by atoms with van der Waals surface area (Å²) in [6, 6.07) is 0. The molecule has 0 aliphatic heterocycles. The Morgan fingerprint density at radius 1 is 1.25 bits per heavy atom. The number of anilines is 1. The number of ether oxygens (including phenoxy) is 1. The lowest BCUT2D eigenvalue weighted by molar-refractivity contribution is -0.146. The Labute approximate surface area is 168 Å². The predicted octanol–water partition coefficient (Wildman–Crippen LogP) is 3.51. The van der Waals surface area contributed by atoms with E-state index in [1.165, 1.54) is 11.3 Å². The Morgan fingerprint density at radius 2 is 1.96 bits per heavy atom. The van der Waals surface area contributed by atoms with E-state index in [1.54, 1.807) is 6.92 Å². The van der Waals surface area contributed by atoms with Crippen LogP contribution in [0.15, 0.2) is 12.2 Å². The van der Waals surface area contributed by atoms with Crippen LogP contribution in [0.5, 0.6) is 0 Å². The third-order valence-corrected chi connectivity index (χ3v) is 7.44. The van der Waals surface area contributed by atoms with E-state index in [0.717, 1.165) is 29.7 Å². The molecule has 1 saturated carbocycles. The summed E-state index contributed by atoms with van der Waals surface area (Å²) in [5.74, 6) is -2.53. The molecular formula is C21H25NO5S. The SMILES string of the molecule is CCOC(=O)c1c(NC(=O)[C@@H]2[C@@H](C(=O)O)[C@@H]3C=C[C@@H]2C3)sc2c1CC[C@@H](C)C2. The maximum atomic E-state index is 13.1. The van der Waals surface area contributed by atoms with Crippen LogP contribution in [0.3, 0.4) is 0 Å². The van der Waals surface area contributed by atoms with E-state index >= 15 is 0 Å². The number of thiophene rings is 1. The van der Waals surface area contributed by atoms with E-state index < -0.39 is 23.8 Å². The second-order valence-electron chi connectivity index (χ2n) is 8.10. The zero-order chi connectivity index (χ0) is 20.0. The summed E-state index contributed by atoms with van der Waals surface area (Å²) in [7, 11) is 0. The van der Waals surface area contributed by atoms with Crippen molar-refractivity contribution >= 4 is 34.2 Å². The lowest BCUT2D eigenvalue weighted by Crippen LogP contribution is -2.36. The number of hydrogen-bond donors (Lipinski definition) is 2. The molecule has 2 bridgehead atoms. The fraction of sp³-hybridized carbons (Fsp3) is 0.571. The first-order valence-corrected chi connectivity index (χ1v) is 10.8. The van der Waals surface area contributed by atoms with Gasteiger partial charge in [-0.05, 0) is 55.9 Å². The topological polar surface area (TPSA) is 92.7 Å². The number of carboxylic acid groups (broad SMARTS) is 1. The molecule has 1 fully saturated rings. The highest BCUT2D eigenvalue weighted by Crippen LogP contribution is 2.49. The average molecular weight is 404 g/mol. The summed E-state index contributed by atoms with van der Waals surface area (Å²) in [4.78, 5) is 38.5. The molecule has 0 spiro atoms. The number of rotatable bonds is 5. The minimum absolute atomic E-state index is 0.0493. The number of carbonyl (C=O) groups excluding carboxylic acids is 2. The van der Waals surface area contributed by atoms with E-state index in [1.807, 2.05) is 12.2 Å². The Kier molecular flexibility index (Phi) is 5.04. The molecule has 1 amide bonds. The zero-order valence-corrected chi connectivity index (χ0v) is 16.9. The van der Waals surface area contributed by atoms with E-state index in [2.05, 4.69) is 12.2 Å². The lowest BCUT2D eigenvalue weighted by Gasteiger charge is -2.23. The van der Waals surface area contributed by atoms with Gasteiger partial charge in [-0.3, -0.25) is 9.59 Å². The molecule has 5 atom stereocenters. The Morgan fingerprint density at radius 3 is 2.64 bits per heavy atom. The van der Waals surface area contributed by atoms with E-state index in [0.29, 0.717) is 22.9 Å². The second-order valence-corrected chi connectivity index (χ2v) is 9.21. The number of amides is 1. The Balaban J connectivity index is 1.64. The van der Waals surface area contributed by atoms with Gasteiger partial charge in [0.1, 0.15) is 5.00 Å². The smallest absolute Gasteiger partial charge is 0.341 e. The van der Waals surface area contributed by atoms with Crippen LogP contribution in [0.25, 0.3) is 0 Å². The molecule has 3 aliphatic rings. The van der Waals surface area contributed by atoms with Gasteiger partial charge in [0.05, 0.1) is 24.0 Å². The number of carbonyl (C=O) groups is 3. The minimum Gasteiger partial charge on any atom is -0.481 e. The quantitative estimate of drug-likeness (QED) is 0.580. The van der Waals surface area contributed by atoms with Crippen LogP contribution >= 0.6 is 11.3 Å². The molecule has 7 heteroatoms. The van der Waals surface area contributed by atoms with Crippen molar-refractivity contribution in [3.8, 4) is 0 Å². The van der Waals surface area contributed by atoms with Crippen molar-refractivity contribution in [2.75, 3.05) is 11.9 Å². The van der Waals surface area contributed by atoms with Crippen molar-refractivity contribution in [2.45, 2.75) is 39.5 Å². The molecule has 0 radical (unpaired) electrons. The predicted molar refractivity (Wildman–Crippen MR) is 105 cm³/mol. The van der Waals surface area contributed by atoms with Crippen LogP contribution in [0.1, 0.15) is 47.5 Å². The molecule has 2 N–H and O–H groups in total. The first kappa shape index (κ1) is 19.2. The molecule has 28 heavy (non-hydrogen) atoms. The maximum Gasteiger partial charge on any atom is 0.341 e. The van der Waals surface area contributed by atoms with Gasteiger partial charge in [0, 0.05) is 4.88 Å². The molecule has 0 saturated heterocycles. The Bertz CT molecular complexity index is 857. The van der Waals surface area contributed by atoms with Crippen LogP contribution in [-0.4, -0.2) is 29.6 Å². The third-order valence-electron chi connectivity index (χ3n) is 6.28. The van der Waals surface area contributed by atoms with Gasteiger partial charge in [-0.15, -0.1) is 11.3 Å². The Hall–Kier alpha value is -2.15. The highest BCUT2D eigenvalue weighted by atomic mass is 32.1. The summed E-state index contributed by atoms with van der Waals surface area (Å²) in [6.07, 6.45) is 7.27. The van der Waals surface area contributed by atoms with Gasteiger partial charge in [-0.25, -0.2) is 4.79 Å². The van der Waals surface area contributed by atoms with E-state index in [9.17, 15) is 19.5 Å². The number of aliphatic carboxylic acids is 1. The molecule has 1 aromatic heterocycles. The highest BCUT2D eigenvalue weighted by molar-refractivity contribution is 7.17. The lowest BCUT2D eigenvalue weighted by atomic mass is 9.82. The van der Waals surface area contributed by atoms with Crippen molar-refractivity contribution < 1.29 is 24.2 Å². The summed E-state index contributed by atoms with van der Waals surface area (Å²) >= 11 is 1.44.